The molecule has 0 aliphatic carbocycles. The Bertz CT molecular complexity index is 918. The van der Waals surface area contributed by atoms with Crippen molar-refractivity contribution < 1.29 is 4.79 Å². The number of aromatic nitrogens is 1. The molecule has 1 aliphatic heterocycles. The molecule has 0 saturated carbocycles. The summed E-state index contributed by atoms with van der Waals surface area (Å²) in [7, 11) is 0. The number of nitrogens with one attached hydrogen (secondary N) is 1. The Morgan fingerprint density at radius 3 is 3.04 bits per heavy atom. The molecule has 0 spiro atoms. The van der Waals surface area contributed by atoms with Gasteiger partial charge in [0.1, 0.15) is 0 Å². The molecule has 3 aromatic rings. The summed E-state index contributed by atoms with van der Waals surface area (Å²) in [5.41, 5.74) is 7.93. The zero-order chi connectivity index (χ0) is 17.2. The van der Waals surface area contributed by atoms with Crippen molar-refractivity contribution in [3.63, 3.8) is 0 Å². The number of carbonyl (C=O) groups is 1. The number of fused-ring (bicyclic) bond motifs is 2. The Morgan fingerprint density at radius 2 is 2.16 bits per heavy atom. The van der Waals surface area contributed by atoms with E-state index in [0.717, 1.165) is 43.7 Å². The van der Waals surface area contributed by atoms with E-state index >= 15 is 0 Å². The van der Waals surface area contributed by atoms with Crippen LogP contribution in [0, 0.1) is 0 Å². The normalized spacial score (nSPS) is 14.9. The molecule has 0 saturated heterocycles. The fourth-order valence-corrected chi connectivity index (χ4v) is 4.16. The Labute approximate surface area is 151 Å². The van der Waals surface area contributed by atoms with Crippen LogP contribution in [-0.2, 0) is 24.3 Å². The average Bonchev–Trinajstić information content (AvgIpc) is 2.95. The van der Waals surface area contributed by atoms with Gasteiger partial charge in [-0.05, 0) is 60.3 Å². The Balaban J connectivity index is 1.51. The molecule has 1 N–H and O–H groups in total. The standard InChI is InChI=1S/C20H21N3OS/c1-14(24)22-18-6-5-17-12-23(8-2-3-16(17)10-18)11-15-4-7-20-19(9-15)21-13-25-20/h4-7,9-10,13H,2-3,8,11-12H2,1H3,(H,22,24). The van der Waals surface area contributed by atoms with E-state index in [2.05, 4.69) is 45.5 Å². The molecule has 0 fully saturated rings. The topological polar surface area (TPSA) is 45.2 Å². The number of hydrogen-bond donors (Lipinski definition) is 1. The Morgan fingerprint density at radius 1 is 1.24 bits per heavy atom. The van der Waals surface area contributed by atoms with Crippen LogP contribution in [0.1, 0.15) is 30.0 Å². The van der Waals surface area contributed by atoms with E-state index in [1.54, 1.807) is 18.3 Å². The molecule has 0 unspecified atom stereocenters. The van der Waals surface area contributed by atoms with Crippen LogP contribution in [0.4, 0.5) is 5.69 Å². The van der Waals surface area contributed by atoms with Crippen LogP contribution < -0.4 is 5.32 Å². The molecule has 1 aliphatic rings. The van der Waals surface area contributed by atoms with E-state index < -0.39 is 0 Å². The van der Waals surface area contributed by atoms with Crippen molar-refractivity contribution in [2.75, 3.05) is 11.9 Å². The van der Waals surface area contributed by atoms with Gasteiger partial charge in [-0.2, -0.15) is 0 Å². The molecule has 2 heterocycles. The highest BCUT2D eigenvalue weighted by atomic mass is 32.1. The third-order valence-corrected chi connectivity index (χ3v) is 5.45. The molecule has 0 radical (unpaired) electrons. The van der Waals surface area contributed by atoms with E-state index in [9.17, 15) is 4.79 Å². The number of benzene rings is 2. The third-order valence-electron chi connectivity index (χ3n) is 4.64. The fourth-order valence-electron chi connectivity index (χ4n) is 3.50. The number of carbonyl (C=O) groups excluding carboxylic acids is 1. The first kappa shape index (κ1) is 16.2. The molecule has 4 nitrogen and oxygen atoms in total. The summed E-state index contributed by atoms with van der Waals surface area (Å²) in [5, 5.41) is 2.88. The minimum absolute atomic E-state index is 0.0207. The van der Waals surface area contributed by atoms with Crippen molar-refractivity contribution in [3.8, 4) is 0 Å². The summed E-state index contributed by atoms with van der Waals surface area (Å²) in [6, 6.07) is 12.9. The van der Waals surface area contributed by atoms with Crippen LogP contribution in [-0.4, -0.2) is 22.3 Å². The summed E-state index contributed by atoms with van der Waals surface area (Å²) in [5.74, 6) is -0.0207. The average molecular weight is 351 g/mol. The molecule has 4 rings (SSSR count). The molecule has 5 heteroatoms. The van der Waals surface area contributed by atoms with Crippen LogP contribution in [0.2, 0.25) is 0 Å². The number of rotatable bonds is 3. The minimum Gasteiger partial charge on any atom is -0.326 e. The van der Waals surface area contributed by atoms with Crippen molar-refractivity contribution in [2.24, 2.45) is 0 Å². The van der Waals surface area contributed by atoms with E-state index in [1.807, 2.05) is 11.6 Å². The number of aryl methyl sites for hydroxylation is 1. The number of nitrogens with zero attached hydrogens (tertiary/aromatic N) is 2. The zero-order valence-electron chi connectivity index (χ0n) is 14.3. The van der Waals surface area contributed by atoms with Gasteiger partial charge >= 0.3 is 0 Å². The van der Waals surface area contributed by atoms with Crippen molar-refractivity contribution in [3.05, 3.63) is 58.6 Å². The predicted molar refractivity (Wildman–Crippen MR) is 103 cm³/mol. The first-order valence-corrected chi connectivity index (χ1v) is 9.49. The van der Waals surface area contributed by atoms with Gasteiger partial charge < -0.3 is 5.32 Å². The SMILES string of the molecule is CC(=O)Nc1ccc2c(c1)CCCN(Cc1ccc3scnc3c1)C2. The maximum absolute atomic E-state index is 11.3. The molecule has 2 aromatic carbocycles. The molecular weight excluding hydrogens is 330 g/mol. The summed E-state index contributed by atoms with van der Waals surface area (Å²) in [6.45, 7) is 4.52. The lowest BCUT2D eigenvalue weighted by molar-refractivity contribution is -0.114. The maximum atomic E-state index is 11.3. The zero-order valence-corrected chi connectivity index (χ0v) is 15.1. The smallest absolute Gasteiger partial charge is 0.221 e. The van der Waals surface area contributed by atoms with Crippen molar-refractivity contribution in [2.45, 2.75) is 32.9 Å². The van der Waals surface area contributed by atoms with Gasteiger partial charge in [0.15, 0.2) is 0 Å². The third kappa shape index (κ3) is 3.72. The van der Waals surface area contributed by atoms with Gasteiger partial charge in [-0.15, -0.1) is 11.3 Å². The second-order valence-corrected chi connectivity index (χ2v) is 7.52. The molecule has 1 amide bonds. The second-order valence-electron chi connectivity index (χ2n) is 6.63. The first-order chi connectivity index (χ1) is 12.2. The van der Waals surface area contributed by atoms with Crippen LogP contribution in [0.15, 0.2) is 41.9 Å². The molecule has 25 heavy (non-hydrogen) atoms. The second kappa shape index (κ2) is 6.94. The van der Waals surface area contributed by atoms with E-state index in [0.29, 0.717) is 0 Å². The number of hydrogen-bond acceptors (Lipinski definition) is 4. The van der Waals surface area contributed by atoms with Crippen molar-refractivity contribution >= 4 is 33.1 Å². The number of amides is 1. The van der Waals surface area contributed by atoms with Crippen LogP contribution in [0.25, 0.3) is 10.2 Å². The highest BCUT2D eigenvalue weighted by Crippen LogP contribution is 2.25. The summed E-state index contributed by atoms with van der Waals surface area (Å²) in [6.07, 6.45) is 2.19. The lowest BCUT2D eigenvalue weighted by Crippen LogP contribution is -2.22. The molecular formula is C20H21N3OS. The quantitative estimate of drug-likeness (QED) is 0.769. The van der Waals surface area contributed by atoms with Gasteiger partial charge in [0.05, 0.1) is 15.7 Å². The minimum atomic E-state index is -0.0207. The van der Waals surface area contributed by atoms with Crippen LogP contribution in [0.5, 0.6) is 0 Å². The van der Waals surface area contributed by atoms with Gasteiger partial charge in [0.25, 0.3) is 0 Å². The van der Waals surface area contributed by atoms with Gasteiger partial charge in [0.2, 0.25) is 5.91 Å². The van der Waals surface area contributed by atoms with E-state index in [4.69, 9.17) is 0 Å². The Kier molecular flexibility index (Phi) is 4.51. The first-order valence-electron chi connectivity index (χ1n) is 8.61. The highest BCUT2D eigenvalue weighted by molar-refractivity contribution is 7.16. The summed E-state index contributed by atoms with van der Waals surface area (Å²) in [4.78, 5) is 18.2. The number of anilines is 1. The number of thiazole rings is 1. The van der Waals surface area contributed by atoms with Crippen molar-refractivity contribution in [1.29, 1.82) is 0 Å². The Hall–Kier alpha value is -2.24. The van der Waals surface area contributed by atoms with Crippen LogP contribution in [0.3, 0.4) is 0 Å². The van der Waals surface area contributed by atoms with Gasteiger partial charge in [-0.1, -0.05) is 12.1 Å². The van der Waals surface area contributed by atoms with E-state index in [-0.39, 0.29) is 5.91 Å². The van der Waals surface area contributed by atoms with E-state index in [1.165, 1.54) is 21.4 Å². The van der Waals surface area contributed by atoms with Gasteiger partial charge in [-0.3, -0.25) is 9.69 Å². The predicted octanol–water partition coefficient (Wildman–Crippen LogP) is 4.20. The molecule has 128 valence electrons. The molecule has 0 atom stereocenters. The summed E-state index contributed by atoms with van der Waals surface area (Å²) < 4.78 is 1.25. The molecule has 0 bridgehead atoms. The lowest BCUT2D eigenvalue weighted by atomic mass is 10.0. The van der Waals surface area contributed by atoms with Crippen molar-refractivity contribution in [1.82, 2.24) is 9.88 Å². The van der Waals surface area contributed by atoms with Crippen LogP contribution >= 0.6 is 11.3 Å². The summed E-state index contributed by atoms with van der Waals surface area (Å²) >= 11 is 1.69. The lowest BCUT2D eigenvalue weighted by Gasteiger charge is -2.20. The highest BCUT2D eigenvalue weighted by Gasteiger charge is 2.15. The van der Waals surface area contributed by atoms with Gasteiger partial charge in [-0.25, -0.2) is 4.98 Å². The fraction of sp³-hybridized carbons (Fsp3) is 0.300. The monoisotopic (exact) mass is 351 g/mol. The maximum Gasteiger partial charge on any atom is 0.221 e. The molecule has 1 aromatic heterocycles. The largest absolute Gasteiger partial charge is 0.326 e. The van der Waals surface area contributed by atoms with Gasteiger partial charge in [0, 0.05) is 25.7 Å².